The topological polar surface area (TPSA) is 79.9 Å². The van der Waals surface area contributed by atoms with Gasteiger partial charge in [0.2, 0.25) is 0 Å². The number of amides is 1. The van der Waals surface area contributed by atoms with Crippen LogP contribution in [0.15, 0.2) is 84.6 Å². The van der Waals surface area contributed by atoms with Crippen molar-refractivity contribution in [3.63, 3.8) is 0 Å². The third kappa shape index (κ3) is 4.74. The van der Waals surface area contributed by atoms with Crippen LogP contribution in [-0.2, 0) is 4.79 Å². The van der Waals surface area contributed by atoms with Gasteiger partial charge in [-0.2, -0.15) is 10.4 Å². The summed E-state index contributed by atoms with van der Waals surface area (Å²) < 4.78 is 7.01. The highest BCUT2D eigenvalue weighted by molar-refractivity contribution is 6.10. The zero-order chi connectivity index (χ0) is 24.1. The Labute approximate surface area is 198 Å². The number of aryl methyl sites for hydroxylation is 2. The van der Waals surface area contributed by atoms with Crippen molar-refractivity contribution in [2.45, 2.75) is 13.8 Å². The molecule has 0 saturated carbocycles. The van der Waals surface area contributed by atoms with Crippen LogP contribution in [0.5, 0.6) is 5.75 Å². The van der Waals surface area contributed by atoms with Gasteiger partial charge in [0.05, 0.1) is 18.5 Å². The Bertz CT molecular complexity index is 1370. The maximum absolute atomic E-state index is 13.0. The summed E-state index contributed by atoms with van der Waals surface area (Å²) in [6.45, 7) is 3.84. The molecule has 6 nitrogen and oxygen atoms in total. The normalized spacial score (nSPS) is 11.1. The minimum Gasteiger partial charge on any atom is -0.497 e. The number of aromatic nitrogens is 2. The first-order valence-electron chi connectivity index (χ1n) is 10.8. The summed E-state index contributed by atoms with van der Waals surface area (Å²) in [5.74, 6) is 0.266. The third-order valence-corrected chi connectivity index (χ3v) is 5.51. The number of hydrogen-bond donors (Lipinski definition) is 1. The quantitative estimate of drug-likeness (QED) is 0.303. The molecule has 4 aromatic rings. The van der Waals surface area contributed by atoms with Crippen molar-refractivity contribution < 1.29 is 9.53 Å². The minimum absolute atomic E-state index is 0.00923. The van der Waals surface area contributed by atoms with Crippen LogP contribution in [0, 0.1) is 25.2 Å². The van der Waals surface area contributed by atoms with E-state index < -0.39 is 5.91 Å². The Hall–Kier alpha value is -4.63. The van der Waals surface area contributed by atoms with Gasteiger partial charge in [0, 0.05) is 23.0 Å². The zero-order valence-electron chi connectivity index (χ0n) is 19.2. The molecule has 4 rings (SSSR count). The molecule has 1 aromatic heterocycles. The number of methoxy groups -OCH3 is 1. The van der Waals surface area contributed by atoms with E-state index in [0.717, 1.165) is 28.1 Å². The van der Waals surface area contributed by atoms with Crippen LogP contribution < -0.4 is 10.1 Å². The summed E-state index contributed by atoms with van der Waals surface area (Å²) in [6, 6.07) is 25.0. The first-order valence-corrected chi connectivity index (χ1v) is 10.8. The maximum atomic E-state index is 13.0. The van der Waals surface area contributed by atoms with Crippen molar-refractivity contribution in [3.8, 4) is 28.8 Å². The SMILES string of the molecule is COc1ccc(-c2nn(-c3ccccc3)cc2/C=C(\C#N)C(=O)Nc2c(C)cccc2C)cc1. The number of nitriles is 1. The van der Waals surface area contributed by atoms with Gasteiger partial charge in [0.15, 0.2) is 0 Å². The van der Waals surface area contributed by atoms with Gasteiger partial charge in [-0.3, -0.25) is 4.79 Å². The molecule has 6 heteroatoms. The lowest BCUT2D eigenvalue weighted by molar-refractivity contribution is -0.112. The van der Waals surface area contributed by atoms with Gasteiger partial charge in [-0.05, 0) is 67.4 Å². The largest absolute Gasteiger partial charge is 0.497 e. The summed E-state index contributed by atoms with van der Waals surface area (Å²) >= 11 is 0. The highest BCUT2D eigenvalue weighted by atomic mass is 16.5. The fourth-order valence-electron chi connectivity index (χ4n) is 3.68. The van der Waals surface area contributed by atoms with Crippen LogP contribution in [0.25, 0.3) is 23.0 Å². The van der Waals surface area contributed by atoms with Gasteiger partial charge >= 0.3 is 0 Å². The van der Waals surface area contributed by atoms with Crippen LogP contribution >= 0.6 is 0 Å². The van der Waals surface area contributed by atoms with Crippen LogP contribution in [-0.4, -0.2) is 22.8 Å². The standard InChI is InChI=1S/C28H24N4O2/c1-19-8-7-9-20(2)26(19)30-28(33)22(17-29)16-23-18-32(24-10-5-4-6-11-24)31-27(23)21-12-14-25(34-3)15-13-21/h4-16,18H,1-3H3,(H,30,33)/b22-16+. The molecule has 0 radical (unpaired) electrons. The van der Waals surface area contributed by atoms with Gasteiger partial charge in [-0.1, -0.05) is 36.4 Å². The Morgan fingerprint density at radius 2 is 1.68 bits per heavy atom. The molecule has 0 aliphatic carbocycles. The molecular formula is C28H24N4O2. The molecule has 0 aliphatic heterocycles. The van der Waals surface area contributed by atoms with Crippen molar-refractivity contribution >= 4 is 17.7 Å². The molecule has 0 spiro atoms. The summed E-state index contributed by atoms with van der Waals surface area (Å²) in [5.41, 5.74) is 5.59. The zero-order valence-corrected chi connectivity index (χ0v) is 19.2. The van der Waals surface area contributed by atoms with Gasteiger partial charge in [-0.15, -0.1) is 0 Å². The van der Waals surface area contributed by atoms with E-state index in [2.05, 4.69) is 5.32 Å². The Morgan fingerprint density at radius 3 is 2.29 bits per heavy atom. The smallest absolute Gasteiger partial charge is 0.266 e. The van der Waals surface area contributed by atoms with Crippen molar-refractivity contribution in [2.24, 2.45) is 0 Å². The maximum Gasteiger partial charge on any atom is 0.266 e. The number of para-hydroxylation sites is 2. The molecule has 34 heavy (non-hydrogen) atoms. The number of rotatable bonds is 6. The van der Waals surface area contributed by atoms with Gasteiger partial charge in [0.25, 0.3) is 5.91 Å². The molecule has 0 aliphatic rings. The van der Waals surface area contributed by atoms with E-state index in [9.17, 15) is 10.1 Å². The van der Waals surface area contributed by atoms with E-state index in [0.29, 0.717) is 16.9 Å². The molecule has 0 bridgehead atoms. The Morgan fingerprint density at radius 1 is 1.00 bits per heavy atom. The number of nitrogens with zero attached hydrogens (tertiary/aromatic N) is 3. The third-order valence-electron chi connectivity index (χ3n) is 5.51. The lowest BCUT2D eigenvalue weighted by atomic mass is 10.0. The molecule has 168 valence electrons. The number of ether oxygens (including phenoxy) is 1. The van der Waals surface area contributed by atoms with E-state index in [1.54, 1.807) is 17.9 Å². The van der Waals surface area contributed by atoms with Crippen molar-refractivity contribution in [2.75, 3.05) is 12.4 Å². The van der Waals surface area contributed by atoms with Crippen molar-refractivity contribution in [1.82, 2.24) is 9.78 Å². The number of carbonyl (C=O) groups is 1. The van der Waals surface area contributed by atoms with E-state index in [1.165, 1.54) is 0 Å². The second-order valence-electron chi connectivity index (χ2n) is 7.83. The number of hydrogen-bond acceptors (Lipinski definition) is 4. The first kappa shape index (κ1) is 22.6. The second kappa shape index (κ2) is 9.88. The van der Waals surface area contributed by atoms with Crippen LogP contribution in [0.3, 0.4) is 0 Å². The van der Waals surface area contributed by atoms with Crippen LogP contribution in [0.2, 0.25) is 0 Å². The average molecular weight is 449 g/mol. The molecule has 3 aromatic carbocycles. The lowest BCUT2D eigenvalue weighted by Crippen LogP contribution is -2.15. The molecule has 0 atom stereocenters. The minimum atomic E-state index is -0.465. The van der Waals surface area contributed by atoms with Crippen molar-refractivity contribution in [1.29, 1.82) is 5.26 Å². The molecular weight excluding hydrogens is 424 g/mol. The van der Waals surface area contributed by atoms with E-state index in [-0.39, 0.29) is 5.57 Å². The lowest BCUT2D eigenvalue weighted by Gasteiger charge is -2.10. The summed E-state index contributed by atoms with van der Waals surface area (Å²) in [7, 11) is 1.61. The van der Waals surface area contributed by atoms with Crippen LogP contribution in [0.1, 0.15) is 16.7 Å². The fraction of sp³-hybridized carbons (Fsp3) is 0.107. The predicted octanol–water partition coefficient (Wildman–Crippen LogP) is 5.71. The van der Waals surface area contributed by atoms with E-state index in [4.69, 9.17) is 9.84 Å². The Kier molecular flexibility index (Phi) is 6.56. The number of nitrogens with one attached hydrogen (secondary N) is 1. The van der Waals surface area contributed by atoms with Gasteiger partial charge in [-0.25, -0.2) is 4.68 Å². The highest BCUT2D eigenvalue weighted by Gasteiger charge is 2.16. The molecule has 0 fully saturated rings. The first-order chi connectivity index (χ1) is 16.5. The van der Waals surface area contributed by atoms with E-state index >= 15 is 0 Å². The highest BCUT2D eigenvalue weighted by Crippen LogP contribution is 2.28. The number of carbonyl (C=O) groups excluding carboxylic acids is 1. The Balaban J connectivity index is 1.77. The fourth-order valence-corrected chi connectivity index (χ4v) is 3.68. The predicted molar refractivity (Wildman–Crippen MR) is 134 cm³/mol. The molecule has 0 unspecified atom stereocenters. The van der Waals surface area contributed by atoms with Crippen molar-refractivity contribution in [3.05, 3.63) is 101 Å². The average Bonchev–Trinajstić information content (AvgIpc) is 3.29. The molecule has 1 N–H and O–H groups in total. The van der Waals surface area contributed by atoms with Crippen LogP contribution in [0.4, 0.5) is 5.69 Å². The molecule has 1 amide bonds. The summed E-state index contributed by atoms with van der Waals surface area (Å²) in [6.07, 6.45) is 3.40. The number of benzene rings is 3. The van der Waals surface area contributed by atoms with Gasteiger partial charge < -0.3 is 10.1 Å². The molecule has 1 heterocycles. The summed E-state index contributed by atoms with van der Waals surface area (Å²) in [4.78, 5) is 13.0. The number of anilines is 1. The van der Waals surface area contributed by atoms with E-state index in [1.807, 2.05) is 98.9 Å². The molecule has 0 saturated heterocycles. The van der Waals surface area contributed by atoms with Gasteiger partial charge in [0.1, 0.15) is 17.4 Å². The second-order valence-corrected chi connectivity index (χ2v) is 7.83. The monoisotopic (exact) mass is 448 g/mol. The summed E-state index contributed by atoms with van der Waals surface area (Å²) in [5, 5.41) is 17.4.